The van der Waals surface area contributed by atoms with E-state index in [4.69, 9.17) is 49.6 Å². The van der Waals surface area contributed by atoms with E-state index in [1.807, 2.05) is 42.5 Å². The van der Waals surface area contributed by atoms with Gasteiger partial charge in [0.15, 0.2) is 5.11 Å². The molecule has 2 aromatic heterocycles. The Hall–Kier alpha value is -3.69. The van der Waals surface area contributed by atoms with Crippen molar-refractivity contribution in [3.05, 3.63) is 94.7 Å². The van der Waals surface area contributed by atoms with Crippen LogP contribution in [0.2, 0.25) is 10.0 Å². The van der Waals surface area contributed by atoms with E-state index in [1.165, 1.54) is 12.2 Å². The van der Waals surface area contributed by atoms with Crippen molar-refractivity contribution in [1.29, 1.82) is 0 Å². The van der Waals surface area contributed by atoms with Crippen molar-refractivity contribution in [2.75, 3.05) is 12.4 Å². The van der Waals surface area contributed by atoms with E-state index in [0.717, 1.165) is 20.8 Å². The molecule has 190 valence electrons. The van der Waals surface area contributed by atoms with E-state index in [-0.39, 0.29) is 5.11 Å². The molecule has 38 heavy (non-hydrogen) atoms. The molecule has 10 heteroatoms. The Bertz CT molecular complexity index is 1660. The maximum absolute atomic E-state index is 12.5. The van der Waals surface area contributed by atoms with Gasteiger partial charge >= 0.3 is 0 Å². The fourth-order valence-corrected chi connectivity index (χ4v) is 5.25. The number of aromatic nitrogens is 1. The monoisotopic (exact) mass is 579 g/mol. The molecule has 0 aliphatic carbocycles. The number of nitrogens with zero attached hydrogens (tertiary/aromatic N) is 1. The van der Waals surface area contributed by atoms with Gasteiger partial charge in [-0.25, -0.2) is 4.98 Å². The number of thiazole rings is 1. The lowest BCUT2D eigenvalue weighted by molar-refractivity contribution is -0.115. The summed E-state index contributed by atoms with van der Waals surface area (Å²) in [6.07, 6.45) is 2.86. The van der Waals surface area contributed by atoms with Gasteiger partial charge in [0.1, 0.15) is 22.3 Å². The molecular weight excluding hydrogens is 561 g/mol. The molecule has 0 aliphatic heterocycles. The van der Waals surface area contributed by atoms with Crippen LogP contribution in [0.15, 0.2) is 83.3 Å². The number of rotatable bonds is 6. The highest BCUT2D eigenvalue weighted by Gasteiger charge is 2.13. The quantitative estimate of drug-likeness (QED) is 0.156. The molecule has 0 saturated heterocycles. The number of thiocarbonyl (C=S) groups is 1. The molecule has 6 nitrogen and oxygen atoms in total. The van der Waals surface area contributed by atoms with Crippen molar-refractivity contribution in [3.63, 3.8) is 0 Å². The van der Waals surface area contributed by atoms with Gasteiger partial charge in [0.25, 0.3) is 0 Å². The van der Waals surface area contributed by atoms with Crippen molar-refractivity contribution >= 4 is 79.8 Å². The minimum absolute atomic E-state index is 0.116. The molecule has 2 N–H and O–H groups in total. The Morgan fingerprint density at radius 1 is 1.08 bits per heavy atom. The van der Waals surface area contributed by atoms with Crippen LogP contribution in [0.25, 0.3) is 38.2 Å². The van der Waals surface area contributed by atoms with E-state index in [2.05, 4.69) is 10.6 Å². The molecule has 5 rings (SSSR count). The van der Waals surface area contributed by atoms with Crippen LogP contribution in [0.5, 0.6) is 5.75 Å². The summed E-state index contributed by atoms with van der Waals surface area (Å²) in [5.74, 6) is 1.15. The number of amides is 1. The normalized spacial score (nSPS) is 11.1. The molecule has 0 unspecified atom stereocenters. The van der Waals surface area contributed by atoms with Crippen LogP contribution < -0.4 is 15.4 Å². The van der Waals surface area contributed by atoms with Crippen LogP contribution in [0, 0.1) is 0 Å². The lowest BCUT2D eigenvalue weighted by Gasteiger charge is -2.13. The summed E-state index contributed by atoms with van der Waals surface area (Å²) in [5.41, 5.74) is 3.10. The Morgan fingerprint density at radius 3 is 2.74 bits per heavy atom. The maximum Gasteiger partial charge on any atom is 0.250 e. The van der Waals surface area contributed by atoms with Crippen LogP contribution in [0.1, 0.15) is 5.76 Å². The molecule has 0 fully saturated rings. The zero-order valence-electron chi connectivity index (χ0n) is 19.8. The van der Waals surface area contributed by atoms with Crippen molar-refractivity contribution in [2.24, 2.45) is 0 Å². The molecule has 2 heterocycles. The second-order valence-corrected chi connectivity index (χ2v) is 10.2. The predicted molar refractivity (Wildman–Crippen MR) is 159 cm³/mol. The number of anilines is 1. The van der Waals surface area contributed by atoms with Gasteiger partial charge in [0, 0.05) is 17.2 Å². The third-order valence-electron chi connectivity index (χ3n) is 5.47. The minimum atomic E-state index is -0.428. The summed E-state index contributed by atoms with van der Waals surface area (Å²) in [6.45, 7) is 0. The van der Waals surface area contributed by atoms with Crippen LogP contribution >= 0.6 is 46.8 Å². The first-order chi connectivity index (χ1) is 18.4. The minimum Gasteiger partial charge on any atom is -0.495 e. The zero-order valence-corrected chi connectivity index (χ0v) is 23.0. The van der Waals surface area contributed by atoms with Gasteiger partial charge in [-0.05, 0) is 72.9 Å². The molecule has 0 atom stereocenters. The summed E-state index contributed by atoms with van der Waals surface area (Å²) in [6, 6.07) is 22.4. The number of hydrogen-bond acceptors (Lipinski definition) is 6. The fourth-order valence-electron chi connectivity index (χ4n) is 3.68. The van der Waals surface area contributed by atoms with Crippen LogP contribution in [0.3, 0.4) is 0 Å². The van der Waals surface area contributed by atoms with E-state index >= 15 is 0 Å². The number of carbonyl (C=O) groups excluding carboxylic acids is 1. The number of nitrogens with one attached hydrogen (secondary N) is 2. The molecule has 0 saturated carbocycles. The standard InChI is InChI=1S/C28H19Cl2N3O3S2/c1-35-23-12-9-16(27-31-20-7-2-3-8-24(20)38-27)15-21(23)32-28(37)33-25(34)14-11-17-10-13-22(36-17)18-5-4-6-19(29)26(18)30/h2-15H,1H3,(H2,32,33,34,37). The van der Waals surface area contributed by atoms with Crippen molar-refractivity contribution < 1.29 is 13.9 Å². The van der Waals surface area contributed by atoms with E-state index < -0.39 is 5.91 Å². The first-order valence-corrected chi connectivity index (χ1v) is 13.3. The lowest BCUT2D eigenvalue weighted by Crippen LogP contribution is -2.32. The number of benzene rings is 3. The number of fused-ring (bicyclic) bond motifs is 1. The number of hydrogen-bond donors (Lipinski definition) is 2. The van der Waals surface area contributed by atoms with Crippen molar-refractivity contribution in [2.45, 2.75) is 0 Å². The largest absolute Gasteiger partial charge is 0.495 e. The Labute approximate surface area is 237 Å². The van der Waals surface area contributed by atoms with Gasteiger partial charge in [0.05, 0.1) is 33.1 Å². The average molecular weight is 581 g/mol. The smallest absolute Gasteiger partial charge is 0.250 e. The fraction of sp³-hybridized carbons (Fsp3) is 0.0357. The van der Waals surface area contributed by atoms with Crippen LogP contribution in [0.4, 0.5) is 5.69 Å². The average Bonchev–Trinajstić information content (AvgIpc) is 3.56. The molecule has 3 aromatic carbocycles. The molecule has 5 aromatic rings. The van der Waals surface area contributed by atoms with Crippen LogP contribution in [-0.4, -0.2) is 23.1 Å². The van der Waals surface area contributed by atoms with Crippen molar-refractivity contribution in [1.82, 2.24) is 10.3 Å². The van der Waals surface area contributed by atoms with Gasteiger partial charge < -0.3 is 14.5 Å². The van der Waals surface area contributed by atoms with E-state index in [0.29, 0.717) is 38.6 Å². The molecule has 0 spiro atoms. The second-order valence-electron chi connectivity index (χ2n) is 7.98. The van der Waals surface area contributed by atoms with Crippen molar-refractivity contribution in [3.8, 4) is 27.6 Å². The Balaban J connectivity index is 1.26. The van der Waals surface area contributed by atoms with Gasteiger partial charge in [-0.1, -0.05) is 41.4 Å². The highest BCUT2D eigenvalue weighted by Crippen LogP contribution is 2.36. The summed E-state index contributed by atoms with van der Waals surface area (Å²) in [4.78, 5) is 17.2. The summed E-state index contributed by atoms with van der Waals surface area (Å²) < 4.78 is 12.3. The number of para-hydroxylation sites is 1. The van der Waals surface area contributed by atoms with Gasteiger partial charge in [0.2, 0.25) is 5.91 Å². The van der Waals surface area contributed by atoms with Gasteiger partial charge in [-0.3, -0.25) is 10.1 Å². The van der Waals surface area contributed by atoms with E-state index in [1.54, 1.807) is 48.8 Å². The third kappa shape index (κ3) is 5.74. The highest BCUT2D eigenvalue weighted by atomic mass is 35.5. The number of ether oxygens (including phenoxy) is 1. The predicted octanol–water partition coefficient (Wildman–Crippen LogP) is 8.07. The second kappa shape index (κ2) is 11.4. The molecular formula is C28H19Cl2N3O3S2. The Kier molecular flexibility index (Phi) is 7.76. The first-order valence-electron chi connectivity index (χ1n) is 11.3. The maximum atomic E-state index is 12.5. The number of furan rings is 1. The van der Waals surface area contributed by atoms with E-state index in [9.17, 15) is 4.79 Å². The number of methoxy groups -OCH3 is 1. The number of carbonyl (C=O) groups is 1. The number of halogens is 2. The summed E-state index contributed by atoms with van der Waals surface area (Å²) in [5, 5.41) is 7.48. The third-order valence-corrected chi connectivity index (χ3v) is 7.58. The highest BCUT2D eigenvalue weighted by molar-refractivity contribution is 7.80. The summed E-state index contributed by atoms with van der Waals surface area (Å²) in [7, 11) is 1.57. The molecule has 0 radical (unpaired) electrons. The SMILES string of the molecule is COc1ccc(-c2nc3ccccc3s2)cc1NC(=S)NC(=O)C=Cc1ccc(-c2cccc(Cl)c2Cl)o1. The Morgan fingerprint density at radius 2 is 1.92 bits per heavy atom. The lowest BCUT2D eigenvalue weighted by atomic mass is 10.2. The molecule has 0 bridgehead atoms. The molecule has 0 aliphatic rings. The zero-order chi connectivity index (χ0) is 26.6. The van der Waals surface area contributed by atoms with Gasteiger partial charge in [-0.15, -0.1) is 11.3 Å². The van der Waals surface area contributed by atoms with Crippen LogP contribution in [-0.2, 0) is 4.79 Å². The summed E-state index contributed by atoms with van der Waals surface area (Å²) >= 11 is 19.3. The van der Waals surface area contributed by atoms with Gasteiger partial charge in [-0.2, -0.15) is 0 Å². The first kappa shape index (κ1) is 25.9. The molecule has 1 amide bonds. The topological polar surface area (TPSA) is 76.4 Å².